The van der Waals surface area contributed by atoms with E-state index in [0.29, 0.717) is 11.5 Å². The van der Waals surface area contributed by atoms with E-state index in [1.54, 1.807) is 0 Å². The second-order valence-electron chi connectivity index (χ2n) is 4.90. The number of non-ortho nitro benzene ring substituents is 2. The van der Waals surface area contributed by atoms with Gasteiger partial charge in [0.25, 0.3) is 11.4 Å². The van der Waals surface area contributed by atoms with Crippen molar-refractivity contribution in [3.63, 3.8) is 0 Å². The maximum atomic E-state index is 10.6. The van der Waals surface area contributed by atoms with Gasteiger partial charge >= 0.3 is 0 Å². The topological polar surface area (TPSA) is 131 Å². The van der Waals surface area contributed by atoms with Gasteiger partial charge in [-0.2, -0.15) is 0 Å². The molecule has 0 aliphatic carbocycles. The summed E-state index contributed by atoms with van der Waals surface area (Å²) in [7, 11) is 0. The van der Waals surface area contributed by atoms with Gasteiger partial charge in [0, 0.05) is 24.3 Å². The Morgan fingerprint density at radius 2 is 1.08 bits per heavy atom. The first-order valence-electron chi connectivity index (χ1n) is 7.18. The minimum atomic E-state index is -0.509. The van der Waals surface area contributed by atoms with E-state index in [1.165, 1.54) is 60.9 Å². The van der Waals surface area contributed by atoms with Crippen molar-refractivity contribution in [3.8, 4) is 23.3 Å². The summed E-state index contributed by atoms with van der Waals surface area (Å²) in [5, 5.41) is 21.3. The van der Waals surface area contributed by atoms with Gasteiger partial charge in [0.1, 0.15) is 17.8 Å². The predicted octanol–water partition coefficient (Wildman–Crippen LogP) is 3.88. The Morgan fingerprint density at radius 1 is 0.692 bits per heavy atom. The van der Waals surface area contributed by atoms with E-state index in [-0.39, 0.29) is 23.1 Å². The number of nitro benzene ring substituents is 2. The van der Waals surface area contributed by atoms with E-state index in [9.17, 15) is 20.2 Å². The number of hydrogen-bond donors (Lipinski definition) is 0. The summed E-state index contributed by atoms with van der Waals surface area (Å²) in [6, 6.07) is 12.4. The fraction of sp³-hybridized carbons (Fsp3) is 0. The van der Waals surface area contributed by atoms with Crippen molar-refractivity contribution in [2.24, 2.45) is 0 Å². The average molecular weight is 354 g/mol. The van der Waals surface area contributed by atoms with Crippen LogP contribution in [0.3, 0.4) is 0 Å². The SMILES string of the molecule is O=[N+]([O-])c1ccc(Oc2cc(Oc3ccc([N+](=O)[O-])cc3)ncn2)cc1. The molecule has 0 atom stereocenters. The Bertz CT molecular complexity index is 869. The Morgan fingerprint density at radius 3 is 1.42 bits per heavy atom. The summed E-state index contributed by atoms with van der Waals surface area (Å²) < 4.78 is 11.0. The number of hydrogen-bond acceptors (Lipinski definition) is 8. The first-order valence-corrected chi connectivity index (χ1v) is 7.18. The zero-order valence-corrected chi connectivity index (χ0v) is 13.0. The van der Waals surface area contributed by atoms with Gasteiger partial charge in [-0.1, -0.05) is 0 Å². The molecule has 3 aromatic rings. The number of rotatable bonds is 6. The minimum Gasteiger partial charge on any atom is -0.439 e. The quantitative estimate of drug-likeness (QED) is 0.481. The molecule has 2 aromatic carbocycles. The summed E-state index contributed by atoms with van der Waals surface area (Å²) in [6.07, 6.45) is 1.22. The van der Waals surface area contributed by atoms with Crippen molar-refractivity contribution in [1.29, 1.82) is 0 Å². The first-order chi connectivity index (χ1) is 12.5. The molecule has 0 aliphatic heterocycles. The molecular formula is C16H10N4O6. The summed E-state index contributed by atoms with van der Waals surface area (Å²) in [4.78, 5) is 28.1. The van der Waals surface area contributed by atoms with Crippen molar-refractivity contribution in [2.45, 2.75) is 0 Å². The van der Waals surface area contributed by atoms with Gasteiger partial charge in [0.2, 0.25) is 11.8 Å². The highest BCUT2D eigenvalue weighted by Crippen LogP contribution is 2.26. The van der Waals surface area contributed by atoms with Crippen molar-refractivity contribution in [1.82, 2.24) is 9.97 Å². The Balaban J connectivity index is 1.71. The third-order valence-electron chi connectivity index (χ3n) is 3.16. The minimum absolute atomic E-state index is 0.0535. The highest BCUT2D eigenvalue weighted by molar-refractivity contribution is 5.39. The van der Waals surface area contributed by atoms with Gasteiger partial charge < -0.3 is 9.47 Å². The number of ether oxygens (including phenoxy) is 2. The van der Waals surface area contributed by atoms with Crippen LogP contribution in [0.4, 0.5) is 11.4 Å². The van der Waals surface area contributed by atoms with Crippen LogP contribution >= 0.6 is 0 Å². The molecule has 3 rings (SSSR count). The Hall–Kier alpha value is -4.08. The van der Waals surface area contributed by atoms with Gasteiger partial charge in [-0.15, -0.1) is 0 Å². The van der Waals surface area contributed by atoms with Crippen LogP contribution in [0, 0.1) is 20.2 Å². The summed E-state index contributed by atoms with van der Waals surface area (Å²) >= 11 is 0. The van der Waals surface area contributed by atoms with Gasteiger partial charge in [-0.3, -0.25) is 20.2 Å². The van der Waals surface area contributed by atoms with Gasteiger partial charge in [-0.25, -0.2) is 9.97 Å². The zero-order valence-electron chi connectivity index (χ0n) is 13.0. The fourth-order valence-electron chi connectivity index (χ4n) is 1.95. The molecular weight excluding hydrogens is 344 g/mol. The van der Waals surface area contributed by atoms with Crippen LogP contribution in [0.15, 0.2) is 60.9 Å². The molecule has 0 saturated heterocycles. The van der Waals surface area contributed by atoms with Crippen LogP contribution in [0.25, 0.3) is 0 Å². The van der Waals surface area contributed by atoms with Crippen LogP contribution in [-0.4, -0.2) is 19.8 Å². The summed E-state index contributed by atoms with van der Waals surface area (Å²) in [6.45, 7) is 0. The molecule has 0 aliphatic rings. The molecule has 0 amide bonds. The average Bonchev–Trinajstić information content (AvgIpc) is 2.63. The lowest BCUT2D eigenvalue weighted by Crippen LogP contribution is -1.93. The van der Waals surface area contributed by atoms with E-state index < -0.39 is 9.85 Å². The predicted molar refractivity (Wildman–Crippen MR) is 88.4 cm³/mol. The first kappa shape index (κ1) is 16.8. The molecule has 10 nitrogen and oxygen atoms in total. The third kappa shape index (κ3) is 4.06. The van der Waals surface area contributed by atoms with Gasteiger partial charge in [0.15, 0.2) is 0 Å². The van der Waals surface area contributed by atoms with E-state index in [1.807, 2.05) is 0 Å². The number of nitrogens with zero attached hydrogens (tertiary/aromatic N) is 4. The lowest BCUT2D eigenvalue weighted by molar-refractivity contribution is -0.385. The normalized spacial score (nSPS) is 10.2. The number of benzene rings is 2. The molecule has 0 fully saturated rings. The molecule has 0 unspecified atom stereocenters. The van der Waals surface area contributed by atoms with Gasteiger partial charge in [0.05, 0.1) is 15.9 Å². The highest BCUT2D eigenvalue weighted by atomic mass is 16.6. The van der Waals surface area contributed by atoms with Crippen LogP contribution in [0.5, 0.6) is 23.3 Å². The van der Waals surface area contributed by atoms with E-state index in [2.05, 4.69) is 9.97 Å². The molecule has 0 spiro atoms. The maximum Gasteiger partial charge on any atom is 0.269 e. The second-order valence-corrected chi connectivity index (χ2v) is 4.90. The summed E-state index contributed by atoms with van der Waals surface area (Å²) in [5.74, 6) is 1.06. The van der Waals surface area contributed by atoms with Crippen molar-refractivity contribution >= 4 is 11.4 Å². The molecule has 1 heterocycles. The zero-order chi connectivity index (χ0) is 18.5. The lowest BCUT2D eigenvalue weighted by atomic mass is 10.3. The highest BCUT2D eigenvalue weighted by Gasteiger charge is 2.09. The molecule has 0 radical (unpaired) electrons. The number of nitro groups is 2. The molecule has 10 heteroatoms. The summed E-state index contributed by atoms with van der Waals surface area (Å²) in [5.41, 5.74) is -0.107. The van der Waals surface area contributed by atoms with Crippen LogP contribution in [0.2, 0.25) is 0 Å². The molecule has 0 saturated carbocycles. The lowest BCUT2D eigenvalue weighted by Gasteiger charge is -2.07. The van der Waals surface area contributed by atoms with Crippen LogP contribution in [0.1, 0.15) is 0 Å². The standard InChI is InChI=1S/C16H10N4O6/c21-19(22)11-1-5-13(6-2-11)25-15-9-16(18-10-17-15)26-14-7-3-12(4-8-14)20(23)24/h1-10H. The van der Waals surface area contributed by atoms with Crippen LogP contribution < -0.4 is 9.47 Å². The van der Waals surface area contributed by atoms with E-state index in [4.69, 9.17) is 9.47 Å². The smallest absolute Gasteiger partial charge is 0.269 e. The van der Waals surface area contributed by atoms with Gasteiger partial charge in [-0.05, 0) is 24.3 Å². The van der Waals surface area contributed by atoms with Crippen molar-refractivity contribution in [3.05, 3.63) is 81.2 Å². The van der Waals surface area contributed by atoms with Crippen LogP contribution in [-0.2, 0) is 0 Å². The van der Waals surface area contributed by atoms with Crippen molar-refractivity contribution < 1.29 is 19.3 Å². The maximum absolute atomic E-state index is 10.6. The largest absolute Gasteiger partial charge is 0.439 e. The molecule has 130 valence electrons. The Kier molecular flexibility index (Phi) is 4.65. The third-order valence-corrected chi connectivity index (χ3v) is 3.16. The second kappa shape index (κ2) is 7.21. The van der Waals surface area contributed by atoms with E-state index >= 15 is 0 Å². The Labute approximate surface area is 146 Å². The van der Waals surface area contributed by atoms with E-state index in [0.717, 1.165) is 0 Å². The van der Waals surface area contributed by atoms with Crippen molar-refractivity contribution in [2.75, 3.05) is 0 Å². The molecule has 0 bridgehead atoms. The fourth-order valence-corrected chi connectivity index (χ4v) is 1.95. The molecule has 0 N–H and O–H groups in total. The molecule has 26 heavy (non-hydrogen) atoms. The monoisotopic (exact) mass is 354 g/mol. The molecule has 1 aromatic heterocycles. The number of aromatic nitrogens is 2.